The number of nitrogens with one attached hydrogen (secondary N) is 1. The predicted molar refractivity (Wildman–Crippen MR) is 84.3 cm³/mol. The number of urea groups is 1. The molecule has 2 rings (SSSR count). The van der Waals surface area contributed by atoms with Crippen LogP contribution in [0.15, 0.2) is 36.7 Å². The number of rotatable bonds is 5. The van der Waals surface area contributed by atoms with Crippen LogP contribution in [0.3, 0.4) is 0 Å². The van der Waals surface area contributed by atoms with Gasteiger partial charge in [-0.25, -0.2) is 9.78 Å². The zero-order valence-electron chi connectivity index (χ0n) is 13.2. The number of amides is 2. The lowest BCUT2D eigenvalue weighted by atomic mass is 10.1. The smallest absolute Gasteiger partial charge is 0.318 e. The quantitative estimate of drug-likeness (QED) is 0.891. The standard InChI is InChI=1S/C16H22N4O2/c1-4-20(11-15-17-9-10-19(15)3)16(22)18-12(2)13-5-7-14(21)8-6-13/h5-10,12,21H,4,11H2,1-3H3,(H,18,22)/t12-/m0/s1. The average Bonchev–Trinajstić information content (AvgIpc) is 2.90. The van der Waals surface area contributed by atoms with Gasteiger partial charge in [0.05, 0.1) is 12.6 Å². The number of phenols is 1. The SMILES string of the molecule is CCN(Cc1nccn1C)C(=O)N[C@@H](C)c1ccc(O)cc1. The molecule has 1 aromatic heterocycles. The number of hydrogen-bond donors (Lipinski definition) is 2. The predicted octanol–water partition coefficient (Wildman–Crippen LogP) is 2.42. The number of phenolic OH excluding ortho intramolecular Hbond substituents is 1. The summed E-state index contributed by atoms with van der Waals surface area (Å²) in [5.74, 6) is 1.06. The van der Waals surface area contributed by atoms with Crippen molar-refractivity contribution in [2.75, 3.05) is 6.54 Å². The molecule has 2 amide bonds. The minimum absolute atomic E-state index is 0.133. The molecule has 6 heteroatoms. The van der Waals surface area contributed by atoms with E-state index in [4.69, 9.17) is 0 Å². The molecule has 0 saturated heterocycles. The molecule has 0 aliphatic heterocycles. The monoisotopic (exact) mass is 302 g/mol. The van der Waals surface area contributed by atoms with Gasteiger partial charge in [-0.05, 0) is 31.5 Å². The number of nitrogens with zero attached hydrogens (tertiary/aromatic N) is 3. The minimum Gasteiger partial charge on any atom is -0.508 e. The summed E-state index contributed by atoms with van der Waals surface area (Å²) in [4.78, 5) is 18.3. The highest BCUT2D eigenvalue weighted by atomic mass is 16.3. The number of aromatic hydroxyl groups is 1. The highest BCUT2D eigenvalue weighted by Crippen LogP contribution is 2.16. The summed E-state index contributed by atoms with van der Waals surface area (Å²) >= 11 is 0. The second-order valence-electron chi connectivity index (χ2n) is 5.23. The molecule has 0 aliphatic carbocycles. The van der Waals surface area contributed by atoms with Gasteiger partial charge in [0.2, 0.25) is 0 Å². The van der Waals surface area contributed by atoms with E-state index in [1.165, 1.54) is 0 Å². The van der Waals surface area contributed by atoms with Crippen LogP contribution in [0.2, 0.25) is 0 Å². The van der Waals surface area contributed by atoms with Crippen LogP contribution in [0.1, 0.15) is 31.3 Å². The van der Waals surface area contributed by atoms with Crippen molar-refractivity contribution in [1.82, 2.24) is 19.8 Å². The molecule has 1 heterocycles. The Morgan fingerprint density at radius 2 is 2.09 bits per heavy atom. The molecule has 0 fully saturated rings. The molecule has 118 valence electrons. The Kier molecular flexibility index (Phi) is 5.04. The maximum atomic E-state index is 12.4. The summed E-state index contributed by atoms with van der Waals surface area (Å²) in [6, 6.07) is 6.56. The van der Waals surface area contributed by atoms with Crippen molar-refractivity contribution in [2.24, 2.45) is 7.05 Å². The Labute approximate surface area is 130 Å². The Bertz CT molecular complexity index is 621. The van der Waals surface area contributed by atoms with Crippen LogP contribution in [-0.2, 0) is 13.6 Å². The number of hydrogen-bond acceptors (Lipinski definition) is 3. The van der Waals surface area contributed by atoms with E-state index in [9.17, 15) is 9.90 Å². The fourth-order valence-corrected chi connectivity index (χ4v) is 2.17. The first-order valence-corrected chi connectivity index (χ1v) is 7.31. The zero-order valence-corrected chi connectivity index (χ0v) is 13.2. The summed E-state index contributed by atoms with van der Waals surface area (Å²) in [7, 11) is 1.91. The Balaban J connectivity index is 1.99. The van der Waals surface area contributed by atoms with Crippen LogP contribution >= 0.6 is 0 Å². The largest absolute Gasteiger partial charge is 0.508 e. The molecule has 22 heavy (non-hydrogen) atoms. The molecule has 0 spiro atoms. The van der Waals surface area contributed by atoms with Gasteiger partial charge in [-0.1, -0.05) is 12.1 Å². The number of aryl methyl sites for hydroxylation is 1. The van der Waals surface area contributed by atoms with E-state index in [0.717, 1.165) is 11.4 Å². The van der Waals surface area contributed by atoms with Crippen LogP contribution in [0.25, 0.3) is 0 Å². The van der Waals surface area contributed by atoms with Crippen molar-refractivity contribution in [1.29, 1.82) is 0 Å². The van der Waals surface area contributed by atoms with E-state index in [0.29, 0.717) is 13.1 Å². The number of carbonyl (C=O) groups is 1. The van der Waals surface area contributed by atoms with Crippen LogP contribution in [-0.4, -0.2) is 32.1 Å². The van der Waals surface area contributed by atoms with E-state index in [2.05, 4.69) is 10.3 Å². The second-order valence-corrected chi connectivity index (χ2v) is 5.23. The maximum absolute atomic E-state index is 12.4. The fourth-order valence-electron chi connectivity index (χ4n) is 2.17. The molecule has 2 N–H and O–H groups in total. The van der Waals surface area contributed by atoms with Crippen molar-refractivity contribution in [2.45, 2.75) is 26.4 Å². The van der Waals surface area contributed by atoms with Gasteiger partial charge in [-0.3, -0.25) is 0 Å². The van der Waals surface area contributed by atoms with Gasteiger partial charge in [0, 0.05) is 26.0 Å². The third-order valence-electron chi connectivity index (χ3n) is 3.66. The molecule has 0 radical (unpaired) electrons. The van der Waals surface area contributed by atoms with Crippen molar-refractivity contribution >= 4 is 6.03 Å². The van der Waals surface area contributed by atoms with Crippen molar-refractivity contribution in [3.8, 4) is 5.75 Å². The molecule has 6 nitrogen and oxygen atoms in total. The third-order valence-corrected chi connectivity index (χ3v) is 3.66. The molecule has 2 aromatic rings. The lowest BCUT2D eigenvalue weighted by Crippen LogP contribution is -2.41. The lowest BCUT2D eigenvalue weighted by molar-refractivity contribution is 0.193. The molecule has 1 atom stereocenters. The van der Waals surface area contributed by atoms with Gasteiger partial charge in [0.25, 0.3) is 0 Å². The first-order valence-electron chi connectivity index (χ1n) is 7.31. The zero-order chi connectivity index (χ0) is 16.1. The summed E-state index contributed by atoms with van der Waals surface area (Å²) in [6.45, 7) is 4.92. The fraction of sp³-hybridized carbons (Fsp3) is 0.375. The molecule has 1 aromatic carbocycles. The Morgan fingerprint density at radius 1 is 1.41 bits per heavy atom. The number of imidazole rings is 1. The molecular formula is C16H22N4O2. The lowest BCUT2D eigenvalue weighted by Gasteiger charge is -2.24. The maximum Gasteiger partial charge on any atom is 0.318 e. The van der Waals surface area contributed by atoms with Crippen molar-refractivity contribution < 1.29 is 9.90 Å². The summed E-state index contributed by atoms with van der Waals surface area (Å²) < 4.78 is 1.90. The molecule has 0 bridgehead atoms. The Morgan fingerprint density at radius 3 is 2.64 bits per heavy atom. The summed E-state index contributed by atoms with van der Waals surface area (Å²) in [5.41, 5.74) is 0.944. The second kappa shape index (κ2) is 6.98. The summed E-state index contributed by atoms with van der Waals surface area (Å²) in [5, 5.41) is 12.3. The molecule has 0 unspecified atom stereocenters. The van der Waals surface area contributed by atoms with Crippen LogP contribution in [0.4, 0.5) is 4.79 Å². The number of benzene rings is 1. The topological polar surface area (TPSA) is 70.4 Å². The van der Waals surface area contributed by atoms with Crippen LogP contribution in [0.5, 0.6) is 5.75 Å². The van der Waals surface area contributed by atoms with E-state index in [1.807, 2.05) is 31.7 Å². The first kappa shape index (κ1) is 15.9. The van der Waals surface area contributed by atoms with Gasteiger partial charge < -0.3 is 19.9 Å². The van der Waals surface area contributed by atoms with Gasteiger partial charge in [-0.15, -0.1) is 0 Å². The van der Waals surface area contributed by atoms with Gasteiger partial charge >= 0.3 is 6.03 Å². The van der Waals surface area contributed by atoms with Crippen LogP contribution < -0.4 is 5.32 Å². The van der Waals surface area contributed by atoms with E-state index in [1.54, 1.807) is 35.4 Å². The third kappa shape index (κ3) is 3.78. The normalized spacial score (nSPS) is 12.0. The van der Waals surface area contributed by atoms with Crippen molar-refractivity contribution in [3.05, 3.63) is 48.0 Å². The first-order chi connectivity index (χ1) is 10.5. The van der Waals surface area contributed by atoms with Gasteiger partial charge in [0.1, 0.15) is 11.6 Å². The highest BCUT2D eigenvalue weighted by molar-refractivity contribution is 5.74. The van der Waals surface area contributed by atoms with Gasteiger partial charge in [-0.2, -0.15) is 0 Å². The Hall–Kier alpha value is -2.50. The summed E-state index contributed by atoms with van der Waals surface area (Å²) in [6.07, 6.45) is 3.58. The van der Waals surface area contributed by atoms with E-state index in [-0.39, 0.29) is 17.8 Å². The van der Waals surface area contributed by atoms with Gasteiger partial charge in [0.15, 0.2) is 0 Å². The average molecular weight is 302 g/mol. The molecule has 0 saturated carbocycles. The van der Waals surface area contributed by atoms with E-state index < -0.39 is 0 Å². The number of carbonyl (C=O) groups excluding carboxylic acids is 1. The minimum atomic E-state index is -0.136. The van der Waals surface area contributed by atoms with E-state index >= 15 is 0 Å². The van der Waals surface area contributed by atoms with Crippen LogP contribution in [0, 0.1) is 0 Å². The number of aromatic nitrogens is 2. The molecule has 0 aliphatic rings. The van der Waals surface area contributed by atoms with Crippen molar-refractivity contribution in [3.63, 3.8) is 0 Å². The molecular weight excluding hydrogens is 280 g/mol. The highest BCUT2D eigenvalue weighted by Gasteiger charge is 2.17.